The van der Waals surface area contributed by atoms with Crippen molar-refractivity contribution in [1.82, 2.24) is 8.80 Å². The smallest absolute Gasteiger partial charge is 0.197 e. The van der Waals surface area contributed by atoms with E-state index in [1.54, 1.807) is 0 Å². The maximum Gasteiger partial charge on any atom is 0.197 e. The zero-order valence-electron chi connectivity index (χ0n) is 32.2. The highest BCUT2D eigenvalue weighted by molar-refractivity contribution is 6.31. The highest BCUT2D eigenvalue weighted by atomic mass is 16.1. The van der Waals surface area contributed by atoms with E-state index >= 15 is 0 Å². The van der Waals surface area contributed by atoms with Gasteiger partial charge in [-0.2, -0.15) is 0 Å². The fourth-order valence-corrected chi connectivity index (χ4v) is 10.0. The molecule has 0 aliphatic heterocycles. The van der Waals surface area contributed by atoms with E-state index < -0.39 is 0 Å². The Morgan fingerprint density at radius 3 is 1.13 bits per heavy atom. The van der Waals surface area contributed by atoms with Gasteiger partial charge in [-0.15, -0.1) is 0 Å². The van der Waals surface area contributed by atoms with Crippen molar-refractivity contribution in [3.8, 4) is 44.5 Å². The van der Waals surface area contributed by atoms with E-state index in [0.717, 1.165) is 99.2 Å². The average molecular weight is 765 g/mol. The summed E-state index contributed by atoms with van der Waals surface area (Å²) in [7, 11) is 0. The SMILES string of the molecule is O=c1c2cc(-c3ccccc3)ccc2n2c3ccc4c5cc(-c6ccccc6)cc6c(=O)c7cc(-c8ccccc8)ccc7n(c65)c4c3c3cc(-c4ccccc4)cc1c32. The Balaban J connectivity index is 1.26. The molecule has 13 aromatic rings. The second-order valence-electron chi connectivity index (χ2n) is 16.0. The number of pyridine rings is 2. The van der Waals surface area contributed by atoms with Crippen LogP contribution in [0.4, 0.5) is 0 Å². The van der Waals surface area contributed by atoms with Gasteiger partial charge in [0.1, 0.15) is 0 Å². The van der Waals surface area contributed by atoms with Crippen LogP contribution < -0.4 is 10.9 Å². The number of nitrogens with zero attached hydrogens (tertiary/aromatic N) is 2. The van der Waals surface area contributed by atoms with E-state index in [1.165, 1.54) is 0 Å². The Labute approximate surface area is 342 Å². The third kappa shape index (κ3) is 4.50. The third-order valence-electron chi connectivity index (χ3n) is 12.7. The molecule has 0 radical (unpaired) electrons. The van der Waals surface area contributed by atoms with Crippen LogP contribution in [-0.4, -0.2) is 8.80 Å². The number of hydrogen-bond acceptors (Lipinski definition) is 2. The lowest BCUT2D eigenvalue weighted by atomic mass is 9.97. The minimum absolute atomic E-state index is 0.0120. The molecule has 4 nitrogen and oxygen atoms in total. The first-order valence-corrected chi connectivity index (χ1v) is 20.3. The first kappa shape index (κ1) is 32.9. The molecule has 278 valence electrons. The molecular formula is C56H32N2O2. The van der Waals surface area contributed by atoms with Gasteiger partial charge >= 0.3 is 0 Å². The first-order chi connectivity index (χ1) is 29.6. The monoisotopic (exact) mass is 764 g/mol. The van der Waals surface area contributed by atoms with E-state index in [-0.39, 0.29) is 10.9 Å². The fourth-order valence-electron chi connectivity index (χ4n) is 10.0. The van der Waals surface area contributed by atoms with Gasteiger partial charge in [0, 0.05) is 43.1 Å². The summed E-state index contributed by atoms with van der Waals surface area (Å²) in [6, 6.07) is 66.8. The molecule has 0 aliphatic rings. The van der Waals surface area contributed by atoms with E-state index in [0.29, 0.717) is 21.5 Å². The quantitative estimate of drug-likeness (QED) is 0.168. The average Bonchev–Trinajstić information content (AvgIpc) is 3.84. The lowest BCUT2D eigenvalue weighted by Crippen LogP contribution is -2.07. The number of rotatable bonds is 4. The zero-order valence-corrected chi connectivity index (χ0v) is 32.2. The van der Waals surface area contributed by atoms with Crippen molar-refractivity contribution in [2.75, 3.05) is 0 Å². The number of fused-ring (bicyclic) bond motifs is 11. The van der Waals surface area contributed by atoms with Gasteiger partial charge in [0.15, 0.2) is 10.9 Å². The standard InChI is InChI=1S/C56H32N2O2/c59-55-43-27-37(33-13-5-1-6-14-33)21-24-48(43)57-50-26-23-41-42-29-39(35-17-9-3-10-18-35)31-46-52(42)58(49-25-22-38(28-44(49)56(46)60)34-15-7-2-8-16-34)54(41)51(50)45-30-40(32-47(55)53(45)57)36-19-11-4-12-20-36/h1-32H. The normalized spacial score (nSPS) is 12.1. The topological polar surface area (TPSA) is 43.0 Å². The van der Waals surface area contributed by atoms with Gasteiger partial charge < -0.3 is 8.80 Å². The van der Waals surface area contributed by atoms with Crippen LogP contribution in [0.3, 0.4) is 0 Å². The number of hydrogen-bond donors (Lipinski definition) is 0. The molecule has 0 amide bonds. The highest BCUT2D eigenvalue weighted by Gasteiger charge is 2.26. The summed E-state index contributed by atoms with van der Waals surface area (Å²) in [6.45, 7) is 0. The van der Waals surface area contributed by atoms with Gasteiger partial charge in [-0.3, -0.25) is 9.59 Å². The van der Waals surface area contributed by atoms with Crippen LogP contribution in [0.15, 0.2) is 204 Å². The summed E-state index contributed by atoms with van der Waals surface area (Å²) < 4.78 is 4.63. The molecule has 0 unspecified atom stereocenters. The Morgan fingerprint density at radius 2 is 0.633 bits per heavy atom. The lowest BCUT2D eigenvalue weighted by molar-refractivity contribution is 1.33. The van der Waals surface area contributed by atoms with Crippen LogP contribution in [-0.2, 0) is 0 Å². The number of aromatic nitrogens is 2. The van der Waals surface area contributed by atoms with Gasteiger partial charge in [-0.05, 0) is 99.1 Å². The van der Waals surface area contributed by atoms with E-state index in [9.17, 15) is 9.59 Å². The summed E-state index contributed by atoms with van der Waals surface area (Å²) in [5.41, 5.74) is 13.8. The molecule has 9 aromatic carbocycles. The summed E-state index contributed by atoms with van der Waals surface area (Å²) in [6.07, 6.45) is 0. The van der Waals surface area contributed by atoms with Crippen LogP contribution >= 0.6 is 0 Å². The van der Waals surface area contributed by atoms with Crippen molar-refractivity contribution in [2.24, 2.45) is 0 Å². The molecule has 4 heterocycles. The maximum atomic E-state index is 15.0. The number of benzene rings is 9. The predicted molar refractivity (Wildman–Crippen MR) is 250 cm³/mol. The molecule has 0 atom stereocenters. The molecular weight excluding hydrogens is 733 g/mol. The minimum Gasteiger partial charge on any atom is -0.308 e. The minimum atomic E-state index is 0.0120. The summed E-state index contributed by atoms with van der Waals surface area (Å²) >= 11 is 0. The Morgan fingerprint density at radius 1 is 0.250 bits per heavy atom. The third-order valence-corrected chi connectivity index (χ3v) is 12.7. The molecule has 13 rings (SSSR count). The molecule has 0 fully saturated rings. The first-order valence-electron chi connectivity index (χ1n) is 20.3. The Bertz CT molecular complexity index is 4000. The fraction of sp³-hybridized carbons (Fsp3) is 0. The van der Waals surface area contributed by atoms with Gasteiger partial charge in [-0.25, -0.2) is 0 Å². The molecule has 0 spiro atoms. The second-order valence-corrected chi connectivity index (χ2v) is 16.0. The maximum absolute atomic E-state index is 15.0. The molecule has 0 N–H and O–H groups in total. The van der Waals surface area contributed by atoms with Gasteiger partial charge in [0.2, 0.25) is 0 Å². The Kier molecular flexibility index (Phi) is 6.71. The zero-order chi connectivity index (χ0) is 39.6. The second kappa shape index (κ2) is 12.2. The molecule has 0 bridgehead atoms. The van der Waals surface area contributed by atoms with Crippen molar-refractivity contribution in [3.05, 3.63) is 215 Å². The van der Waals surface area contributed by atoms with Crippen molar-refractivity contribution in [3.63, 3.8) is 0 Å². The van der Waals surface area contributed by atoms with Gasteiger partial charge in [0.05, 0.1) is 33.1 Å². The largest absolute Gasteiger partial charge is 0.308 e. The van der Waals surface area contributed by atoms with E-state index in [2.05, 4.69) is 130 Å². The van der Waals surface area contributed by atoms with Crippen LogP contribution in [0, 0.1) is 0 Å². The lowest BCUT2D eigenvalue weighted by Gasteiger charge is -2.11. The molecule has 0 saturated carbocycles. The molecule has 60 heavy (non-hydrogen) atoms. The van der Waals surface area contributed by atoms with Crippen LogP contribution in [0.2, 0.25) is 0 Å². The van der Waals surface area contributed by atoms with Crippen molar-refractivity contribution < 1.29 is 0 Å². The van der Waals surface area contributed by atoms with Crippen LogP contribution in [0.5, 0.6) is 0 Å². The van der Waals surface area contributed by atoms with Crippen molar-refractivity contribution in [2.45, 2.75) is 0 Å². The van der Waals surface area contributed by atoms with Crippen molar-refractivity contribution >= 4 is 76.2 Å². The Hall–Kier alpha value is -8.08. The van der Waals surface area contributed by atoms with Crippen LogP contribution in [0.1, 0.15) is 0 Å². The molecule has 0 aliphatic carbocycles. The molecule has 4 heteroatoms. The van der Waals surface area contributed by atoms with Crippen molar-refractivity contribution in [1.29, 1.82) is 0 Å². The molecule has 0 saturated heterocycles. The highest BCUT2D eigenvalue weighted by Crippen LogP contribution is 2.45. The van der Waals surface area contributed by atoms with Gasteiger partial charge in [0.25, 0.3) is 0 Å². The predicted octanol–water partition coefficient (Wildman–Crippen LogP) is 13.4. The summed E-state index contributed by atoms with van der Waals surface area (Å²) in [5.74, 6) is 0. The summed E-state index contributed by atoms with van der Waals surface area (Å²) in [4.78, 5) is 30.0. The van der Waals surface area contributed by atoms with Crippen LogP contribution in [0.25, 0.3) is 121 Å². The molecule has 4 aromatic heterocycles. The van der Waals surface area contributed by atoms with Gasteiger partial charge in [-0.1, -0.05) is 140 Å². The van der Waals surface area contributed by atoms with E-state index in [4.69, 9.17) is 0 Å². The summed E-state index contributed by atoms with van der Waals surface area (Å²) in [5, 5.41) is 6.83. The van der Waals surface area contributed by atoms with E-state index in [1.807, 2.05) is 72.8 Å².